The number of hydrogen-bond donors (Lipinski definition) is 1. The van der Waals surface area contributed by atoms with Crippen molar-refractivity contribution in [3.05, 3.63) is 71.4 Å². The van der Waals surface area contributed by atoms with Crippen LogP contribution in [0, 0.1) is 26.0 Å². The summed E-state index contributed by atoms with van der Waals surface area (Å²) >= 11 is 6.02. The van der Waals surface area contributed by atoms with E-state index >= 15 is 0 Å². The van der Waals surface area contributed by atoms with Crippen molar-refractivity contribution in [2.24, 2.45) is 0 Å². The van der Waals surface area contributed by atoms with Crippen molar-refractivity contribution in [1.82, 2.24) is 0 Å². The Morgan fingerprint density at radius 3 is 1.81 bits per heavy atom. The second kappa shape index (κ2) is 13.1. The molecule has 0 radical (unpaired) electrons. The number of non-ortho nitro benzene ring substituents is 2. The van der Waals surface area contributed by atoms with Gasteiger partial charge in [-0.25, -0.2) is 4.39 Å². The van der Waals surface area contributed by atoms with Crippen LogP contribution in [0.2, 0.25) is 0 Å². The maximum Gasteiger partial charge on any atom is 0.270 e. The van der Waals surface area contributed by atoms with Crippen molar-refractivity contribution in [2.45, 2.75) is 13.8 Å². The number of halogens is 3. The quantitative estimate of drug-likeness (QED) is 0.442. The van der Waals surface area contributed by atoms with Crippen molar-refractivity contribution in [3.63, 3.8) is 0 Å². The molecule has 2 aromatic carbocycles. The minimum Gasteiger partial charge on any atom is -0.493 e. The SMILES string of the molecule is CCO.CCOc1ccc([N+](=O)[O-])cc1Br.O=[N+]([O-])c1ccc(F)c(Br)c1. The highest BCUT2D eigenvalue weighted by atomic mass is 79.9. The van der Waals surface area contributed by atoms with Crippen LogP contribution in [-0.4, -0.2) is 28.2 Å². The molecule has 0 bridgehead atoms. The van der Waals surface area contributed by atoms with Crippen LogP contribution in [0.1, 0.15) is 13.8 Å². The first kappa shape index (κ1) is 24.9. The topological polar surface area (TPSA) is 116 Å². The van der Waals surface area contributed by atoms with E-state index in [0.717, 1.165) is 18.2 Å². The molecule has 8 nitrogen and oxygen atoms in total. The second-order valence-corrected chi connectivity index (χ2v) is 6.19. The Hall–Kier alpha value is -2.11. The van der Waals surface area contributed by atoms with Gasteiger partial charge in [-0.3, -0.25) is 20.2 Å². The first-order valence-electron chi connectivity index (χ1n) is 7.44. The molecule has 2 aromatic rings. The minimum absolute atomic E-state index is 0.0512. The predicted octanol–water partition coefficient (Wildman–Crippen LogP) is 5.25. The summed E-state index contributed by atoms with van der Waals surface area (Å²) in [4.78, 5) is 19.5. The van der Waals surface area contributed by atoms with Crippen molar-refractivity contribution in [1.29, 1.82) is 0 Å². The highest BCUT2D eigenvalue weighted by molar-refractivity contribution is 9.10. The summed E-state index contributed by atoms with van der Waals surface area (Å²) in [6, 6.07) is 7.68. The van der Waals surface area contributed by atoms with Gasteiger partial charge in [-0.2, -0.15) is 0 Å². The molecule has 0 aliphatic rings. The monoisotopic (exact) mass is 510 g/mol. The molecule has 0 saturated heterocycles. The molecule has 0 fully saturated rings. The summed E-state index contributed by atoms with van der Waals surface area (Å²) in [6.07, 6.45) is 0. The molecule has 148 valence electrons. The fraction of sp³-hybridized carbons (Fsp3) is 0.250. The molecule has 11 heteroatoms. The summed E-state index contributed by atoms with van der Waals surface area (Å²) in [7, 11) is 0. The van der Waals surface area contributed by atoms with Gasteiger partial charge in [0.2, 0.25) is 0 Å². The molecular formula is C16H17Br2FN2O6. The van der Waals surface area contributed by atoms with Crippen LogP contribution in [0.25, 0.3) is 0 Å². The average Bonchev–Trinajstić information content (AvgIpc) is 2.60. The van der Waals surface area contributed by atoms with Gasteiger partial charge in [0.25, 0.3) is 11.4 Å². The van der Waals surface area contributed by atoms with Gasteiger partial charge in [0.15, 0.2) is 0 Å². The van der Waals surface area contributed by atoms with Gasteiger partial charge in [0, 0.05) is 30.9 Å². The van der Waals surface area contributed by atoms with Crippen LogP contribution in [-0.2, 0) is 0 Å². The zero-order valence-electron chi connectivity index (χ0n) is 14.4. The van der Waals surface area contributed by atoms with E-state index in [1.165, 1.54) is 12.1 Å². The second-order valence-electron chi connectivity index (χ2n) is 4.48. The van der Waals surface area contributed by atoms with Gasteiger partial charge in [-0.05, 0) is 57.8 Å². The Bertz CT molecular complexity index is 777. The van der Waals surface area contributed by atoms with Crippen molar-refractivity contribution < 1.29 is 24.1 Å². The van der Waals surface area contributed by atoms with Crippen molar-refractivity contribution in [2.75, 3.05) is 13.2 Å². The number of benzene rings is 2. The highest BCUT2D eigenvalue weighted by Gasteiger charge is 2.09. The van der Waals surface area contributed by atoms with E-state index < -0.39 is 15.7 Å². The zero-order chi connectivity index (χ0) is 21.0. The largest absolute Gasteiger partial charge is 0.493 e. The van der Waals surface area contributed by atoms with Gasteiger partial charge in [-0.15, -0.1) is 0 Å². The molecule has 2 rings (SSSR count). The molecule has 0 unspecified atom stereocenters. The summed E-state index contributed by atoms with van der Waals surface area (Å²) in [5.74, 6) is 0.115. The van der Waals surface area contributed by atoms with Crippen LogP contribution in [0.15, 0.2) is 45.3 Å². The fourth-order valence-corrected chi connectivity index (χ4v) is 2.32. The van der Waals surface area contributed by atoms with Crippen molar-refractivity contribution >= 4 is 43.2 Å². The molecular weight excluding hydrogens is 495 g/mol. The lowest BCUT2D eigenvalue weighted by Crippen LogP contribution is -1.93. The Kier molecular flexibility index (Phi) is 12.1. The van der Waals surface area contributed by atoms with Crippen LogP contribution in [0.4, 0.5) is 15.8 Å². The number of hydrogen-bond acceptors (Lipinski definition) is 6. The number of aliphatic hydroxyl groups is 1. The third-order valence-electron chi connectivity index (χ3n) is 2.54. The molecule has 27 heavy (non-hydrogen) atoms. The lowest BCUT2D eigenvalue weighted by Gasteiger charge is -2.04. The fourth-order valence-electron chi connectivity index (χ4n) is 1.47. The summed E-state index contributed by atoms with van der Waals surface area (Å²) in [5.41, 5.74) is -0.0754. The van der Waals surface area contributed by atoms with E-state index in [0.29, 0.717) is 16.8 Å². The van der Waals surface area contributed by atoms with Gasteiger partial charge >= 0.3 is 0 Å². The number of nitro benzene ring substituents is 2. The standard InChI is InChI=1S/C8H8BrNO3.C6H3BrFNO2.C2H6O/c1-2-13-8-4-3-6(10(11)12)5-7(8)9;7-5-3-4(9(10)11)1-2-6(5)8;1-2-3/h3-5H,2H2,1H3;1-3H;3H,2H2,1H3. The maximum absolute atomic E-state index is 12.5. The van der Waals surface area contributed by atoms with Crippen LogP contribution in [0.3, 0.4) is 0 Å². The minimum atomic E-state index is -0.579. The number of aliphatic hydroxyl groups excluding tert-OH is 1. The smallest absolute Gasteiger partial charge is 0.270 e. The van der Waals surface area contributed by atoms with Crippen LogP contribution >= 0.6 is 31.9 Å². The molecule has 1 N–H and O–H groups in total. The van der Waals surface area contributed by atoms with E-state index in [2.05, 4.69) is 31.9 Å². The van der Waals surface area contributed by atoms with Crippen molar-refractivity contribution in [3.8, 4) is 5.75 Å². The number of nitro groups is 2. The molecule has 0 amide bonds. The molecule has 0 spiro atoms. The third-order valence-corrected chi connectivity index (χ3v) is 3.77. The normalized spacial score (nSPS) is 9.26. The van der Waals surface area contributed by atoms with Crippen LogP contribution in [0.5, 0.6) is 5.75 Å². The third kappa shape index (κ3) is 9.40. The first-order valence-corrected chi connectivity index (χ1v) is 9.03. The predicted molar refractivity (Wildman–Crippen MR) is 105 cm³/mol. The number of rotatable bonds is 4. The van der Waals surface area contributed by atoms with E-state index in [1.807, 2.05) is 6.92 Å². The molecule has 0 aliphatic carbocycles. The van der Waals surface area contributed by atoms with Gasteiger partial charge in [0.05, 0.1) is 25.4 Å². The summed E-state index contributed by atoms with van der Waals surface area (Å²) in [6.45, 7) is 4.32. The molecule has 0 heterocycles. The lowest BCUT2D eigenvalue weighted by molar-refractivity contribution is -0.385. The molecule has 0 atom stereocenters. The zero-order valence-corrected chi connectivity index (χ0v) is 17.6. The Labute approximate surface area is 171 Å². The first-order chi connectivity index (χ1) is 12.7. The molecule has 0 aromatic heterocycles. The number of nitrogens with zero attached hydrogens (tertiary/aromatic N) is 2. The van der Waals surface area contributed by atoms with E-state index in [-0.39, 0.29) is 22.5 Å². The molecule has 0 aliphatic heterocycles. The van der Waals surface area contributed by atoms with Gasteiger partial charge in [-0.1, -0.05) is 0 Å². The van der Waals surface area contributed by atoms with E-state index in [1.54, 1.807) is 13.0 Å². The number of ether oxygens (including phenoxy) is 1. The summed E-state index contributed by atoms with van der Waals surface area (Å²) < 4.78 is 18.4. The Morgan fingerprint density at radius 2 is 1.44 bits per heavy atom. The highest BCUT2D eigenvalue weighted by Crippen LogP contribution is 2.28. The lowest BCUT2D eigenvalue weighted by atomic mass is 10.3. The van der Waals surface area contributed by atoms with Gasteiger partial charge < -0.3 is 9.84 Å². The van der Waals surface area contributed by atoms with Gasteiger partial charge in [0.1, 0.15) is 11.6 Å². The van der Waals surface area contributed by atoms with Crippen LogP contribution < -0.4 is 4.74 Å². The maximum atomic E-state index is 12.5. The van der Waals surface area contributed by atoms with E-state index in [9.17, 15) is 24.6 Å². The Balaban J connectivity index is 0.000000442. The average molecular weight is 512 g/mol. The Morgan fingerprint density at radius 1 is 1.00 bits per heavy atom. The van der Waals surface area contributed by atoms with E-state index in [4.69, 9.17) is 9.84 Å². The molecule has 0 saturated carbocycles. The summed E-state index contributed by atoms with van der Waals surface area (Å²) in [5, 5.41) is 28.1.